The molecular formula is C13H20N4O. The van der Waals surface area contributed by atoms with Gasteiger partial charge in [-0.1, -0.05) is 0 Å². The molecule has 1 aliphatic rings. The van der Waals surface area contributed by atoms with Gasteiger partial charge in [-0.2, -0.15) is 0 Å². The van der Waals surface area contributed by atoms with E-state index in [0.29, 0.717) is 12.3 Å². The van der Waals surface area contributed by atoms with Crippen molar-refractivity contribution in [3.63, 3.8) is 0 Å². The topological polar surface area (TPSA) is 72.1 Å². The van der Waals surface area contributed by atoms with Gasteiger partial charge in [0.25, 0.3) is 0 Å². The number of carbonyl (C=O) groups excluding carboxylic acids is 1. The van der Waals surface area contributed by atoms with Gasteiger partial charge in [0.1, 0.15) is 5.82 Å². The number of primary amides is 1. The fourth-order valence-corrected chi connectivity index (χ4v) is 2.39. The average molecular weight is 248 g/mol. The van der Waals surface area contributed by atoms with E-state index in [1.165, 1.54) is 0 Å². The molecule has 0 atom stereocenters. The number of hydrogen-bond acceptors (Lipinski definition) is 4. The number of rotatable bonds is 4. The van der Waals surface area contributed by atoms with Crippen LogP contribution in [-0.4, -0.2) is 33.9 Å². The summed E-state index contributed by atoms with van der Waals surface area (Å²) in [5.74, 6) is 1.09. The minimum Gasteiger partial charge on any atom is -0.370 e. The molecule has 0 aliphatic carbocycles. The Morgan fingerprint density at radius 3 is 2.56 bits per heavy atom. The van der Waals surface area contributed by atoms with Crippen molar-refractivity contribution in [2.75, 3.05) is 13.1 Å². The maximum absolute atomic E-state index is 10.9. The number of likely N-dealkylation sites (tertiary alicyclic amines) is 1. The number of aromatic nitrogens is 2. The fourth-order valence-electron chi connectivity index (χ4n) is 2.39. The quantitative estimate of drug-likeness (QED) is 0.858. The van der Waals surface area contributed by atoms with Gasteiger partial charge in [0.2, 0.25) is 5.91 Å². The third-order valence-electron chi connectivity index (χ3n) is 3.44. The first-order chi connectivity index (χ1) is 8.63. The Labute approximate surface area is 107 Å². The molecule has 0 spiro atoms. The van der Waals surface area contributed by atoms with Crippen molar-refractivity contribution < 1.29 is 4.79 Å². The molecule has 0 unspecified atom stereocenters. The Bertz CT molecular complexity index is 396. The fraction of sp³-hybridized carbons (Fsp3) is 0.615. The highest BCUT2D eigenvalue weighted by atomic mass is 16.1. The second kappa shape index (κ2) is 5.91. The van der Waals surface area contributed by atoms with Gasteiger partial charge in [-0.3, -0.25) is 9.69 Å². The molecule has 0 saturated carbocycles. The molecule has 5 nitrogen and oxygen atoms in total. The van der Waals surface area contributed by atoms with E-state index in [4.69, 9.17) is 5.73 Å². The van der Waals surface area contributed by atoms with Crippen molar-refractivity contribution in [1.82, 2.24) is 14.9 Å². The van der Waals surface area contributed by atoms with Gasteiger partial charge in [-0.25, -0.2) is 9.97 Å². The maximum Gasteiger partial charge on any atom is 0.217 e. The molecular weight excluding hydrogens is 228 g/mol. The summed E-state index contributed by atoms with van der Waals surface area (Å²) < 4.78 is 0. The first-order valence-electron chi connectivity index (χ1n) is 6.41. The minimum absolute atomic E-state index is 0.180. The zero-order chi connectivity index (χ0) is 13.0. The van der Waals surface area contributed by atoms with Gasteiger partial charge in [0, 0.05) is 30.9 Å². The van der Waals surface area contributed by atoms with Crippen LogP contribution in [0.5, 0.6) is 0 Å². The lowest BCUT2D eigenvalue weighted by Crippen LogP contribution is -2.34. The second-order valence-electron chi connectivity index (χ2n) is 5.03. The molecule has 0 bridgehead atoms. The van der Waals surface area contributed by atoms with Crippen molar-refractivity contribution in [3.05, 3.63) is 23.8 Å². The van der Waals surface area contributed by atoms with Gasteiger partial charge >= 0.3 is 0 Å². The highest BCUT2D eigenvalue weighted by molar-refractivity contribution is 5.73. The van der Waals surface area contributed by atoms with E-state index >= 15 is 0 Å². The molecule has 5 heteroatoms. The standard InChI is InChI=1S/C13H20N4O/c1-10-15-7-12(8-16-10)9-17-4-2-11(3-5-17)6-13(14)18/h7-8,11H,2-6,9H2,1H3,(H2,14,18). The Morgan fingerprint density at radius 2 is 2.00 bits per heavy atom. The van der Waals surface area contributed by atoms with E-state index in [1.807, 2.05) is 19.3 Å². The van der Waals surface area contributed by atoms with Gasteiger partial charge in [-0.05, 0) is 38.8 Å². The number of hydrogen-bond donors (Lipinski definition) is 1. The lowest BCUT2D eigenvalue weighted by Gasteiger charge is -2.31. The Hall–Kier alpha value is -1.49. The van der Waals surface area contributed by atoms with E-state index in [1.54, 1.807) is 0 Å². The third kappa shape index (κ3) is 3.77. The molecule has 1 amide bonds. The maximum atomic E-state index is 10.9. The van der Waals surface area contributed by atoms with Crippen LogP contribution in [0.4, 0.5) is 0 Å². The molecule has 0 radical (unpaired) electrons. The van der Waals surface area contributed by atoms with E-state index < -0.39 is 0 Å². The zero-order valence-corrected chi connectivity index (χ0v) is 10.8. The summed E-state index contributed by atoms with van der Waals surface area (Å²) in [6, 6.07) is 0. The first-order valence-corrected chi connectivity index (χ1v) is 6.41. The van der Waals surface area contributed by atoms with Crippen LogP contribution in [0.15, 0.2) is 12.4 Å². The number of aryl methyl sites for hydroxylation is 1. The summed E-state index contributed by atoms with van der Waals surface area (Å²) >= 11 is 0. The van der Waals surface area contributed by atoms with Crippen LogP contribution >= 0.6 is 0 Å². The molecule has 0 aromatic carbocycles. The normalized spacial score (nSPS) is 17.8. The number of nitrogens with zero attached hydrogens (tertiary/aromatic N) is 3. The summed E-state index contributed by atoms with van der Waals surface area (Å²) in [6.45, 7) is 4.82. The largest absolute Gasteiger partial charge is 0.370 e. The molecule has 1 aromatic rings. The van der Waals surface area contributed by atoms with Crippen molar-refractivity contribution in [1.29, 1.82) is 0 Å². The lowest BCUT2D eigenvalue weighted by atomic mass is 9.93. The van der Waals surface area contributed by atoms with Crippen molar-refractivity contribution in [2.24, 2.45) is 11.7 Å². The van der Waals surface area contributed by atoms with Crippen LogP contribution in [0.3, 0.4) is 0 Å². The van der Waals surface area contributed by atoms with Crippen molar-refractivity contribution in [2.45, 2.75) is 32.7 Å². The zero-order valence-electron chi connectivity index (χ0n) is 10.8. The van der Waals surface area contributed by atoms with Crippen LogP contribution in [0.25, 0.3) is 0 Å². The highest BCUT2D eigenvalue weighted by Crippen LogP contribution is 2.21. The van der Waals surface area contributed by atoms with Gasteiger partial charge in [0.15, 0.2) is 0 Å². The molecule has 1 aromatic heterocycles. The molecule has 1 fully saturated rings. The minimum atomic E-state index is -0.180. The Morgan fingerprint density at radius 1 is 1.39 bits per heavy atom. The summed E-state index contributed by atoms with van der Waals surface area (Å²) in [5.41, 5.74) is 6.37. The predicted molar refractivity (Wildman–Crippen MR) is 68.6 cm³/mol. The molecule has 1 saturated heterocycles. The van der Waals surface area contributed by atoms with Gasteiger partial charge in [-0.15, -0.1) is 0 Å². The number of amides is 1. The predicted octanol–water partition coefficient (Wildman–Crippen LogP) is 0.872. The third-order valence-corrected chi connectivity index (χ3v) is 3.44. The summed E-state index contributed by atoms with van der Waals surface area (Å²) in [6.07, 6.45) is 6.41. The highest BCUT2D eigenvalue weighted by Gasteiger charge is 2.20. The van der Waals surface area contributed by atoms with Crippen molar-refractivity contribution >= 4 is 5.91 Å². The number of piperidine rings is 1. The summed E-state index contributed by atoms with van der Waals surface area (Å²) in [7, 11) is 0. The molecule has 2 rings (SSSR count). The Balaban J connectivity index is 1.79. The molecule has 1 aliphatic heterocycles. The smallest absolute Gasteiger partial charge is 0.217 e. The van der Waals surface area contributed by atoms with E-state index in [2.05, 4.69) is 14.9 Å². The van der Waals surface area contributed by atoms with Gasteiger partial charge < -0.3 is 5.73 Å². The summed E-state index contributed by atoms with van der Waals surface area (Å²) in [5, 5.41) is 0. The molecule has 98 valence electrons. The molecule has 2 N–H and O–H groups in total. The molecule has 18 heavy (non-hydrogen) atoms. The Kier molecular flexibility index (Phi) is 4.25. The molecule has 2 heterocycles. The monoisotopic (exact) mass is 248 g/mol. The van der Waals surface area contributed by atoms with Crippen LogP contribution in [0.2, 0.25) is 0 Å². The number of nitrogens with two attached hydrogens (primary N) is 1. The first kappa shape index (κ1) is 13.0. The van der Waals surface area contributed by atoms with Crippen LogP contribution < -0.4 is 5.73 Å². The van der Waals surface area contributed by atoms with Crippen molar-refractivity contribution in [3.8, 4) is 0 Å². The van der Waals surface area contributed by atoms with Gasteiger partial charge in [0.05, 0.1) is 0 Å². The van der Waals surface area contributed by atoms with E-state index in [-0.39, 0.29) is 5.91 Å². The number of carbonyl (C=O) groups is 1. The van der Waals surface area contributed by atoms with E-state index in [9.17, 15) is 4.79 Å². The second-order valence-corrected chi connectivity index (χ2v) is 5.03. The SMILES string of the molecule is Cc1ncc(CN2CCC(CC(N)=O)CC2)cn1. The van der Waals surface area contributed by atoms with Crippen LogP contribution in [0.1, 0.15) is 30.7 Å². The average Bonchev–Trinajstić information content (AvgIpc) is 2.34. The summed E-state index contributed by atoms with van der Waals surface area (Å²) in [4.78, 5) is 21.6. The lowest BCUT2D eigenvalue weighted by molar-refractivity contribution is -0.119. The van der Waals surface area contributed by atoms with Crippen LogP contribution in [-0.2, 0) is 11.3 Å². The van der Waals surface area contributed by atoms with E-state index in [0.717, 1.165) is 43.9 Å². The van der Waals surface area contributed by atoms with Crippen LogP contribution in [0, 0.1) is 12.8 Å².